The van der Waals surface area contributed by atoms with E-state index >= 15 is 0 Å². The molecule has 2 rings (SSSR count). The summed E-state index contributed by atoms with van der Waals surface area (Å²) in [6.45, 7) is 1.37. The molecule has 2 nitrogen and oxygen atoms in total. The molecule has 15 heavy (non-hydrogen) atoms. The second kappa shape index (κ2) is 4.34. The number of hydrogen-bond donors (Lipinski definition) is 0. The Balaban J connectivity index is 2.33. The van der Waals surface area contributed by atoms with Gasteiger partial charge in [0.25, 0.3) is 0 Å². The maximum Gasteiger partial charge on any atom is 0.0866 e. The van der Waals surface area contributed by atoms with E-state index in [1.165, 1.54) is 0 Å². The van der Waals surface area contributed by atoms with E-state index in [9.17, 15) is 5.26 Å². The van der Waals surface area contributed by atoms with Crippen molar-refractivity contribution in [3.8, 4) is 6.07 Å². The molecule has 78 valence electrons. The van der Waals surface area contributed by atoms with E-state index in [0.717, 1.165) is 22.9 Å². The van der Waals surface area contributed by atoms with Crippen LogP contribution in [0, 0.1) is 11.3 Å². The molecule has 0 saturated carbocycles. The van der Waals surface area contributed by atoms with Gasteiger partial charge in [0.15, 0.2) is 0 Å². The number of ether oxygens (including phenoxy) is 1. The fourth-order valence-corrected chi connectivity index (χ4v) is 2.22. The highest BCUT2D eigenvalue weighted by Crippen LogP contribution is 2.34. The molecule has 1 aliphatic rings. The molecule has 1 aromatic rings. The Morgan fingerprint density at radius 2 is 1.80 bits per heavy atom. The summed E-state index contributed by atoms with van der Waals surface area (Å²) in [5, 5.41) is 9.35. The van der Waals surface area contributed by atoms with Crippen LogP contribution in [0.25, 0.3) is 0 Å². The van der Waals surface area contributed by atoms with Crippen molar-refractivity contribution in [1.82, 2.24) is 0 Å². The molecule has 0 amide bonds. The maximum absolute atomic E-state index is 9.35. The third-order valence-electron chi connectivity index (χ3n) is 2.96. The first kappa shape index (κ1) is 10.7. The molecule has 1 saturated heterocycles. The number of benzene rings is 1. The molecule has 3 heteroatoms. The van der Waals surface area contributed by atoms with E-state index in [1.807, 2.05) is 24.3 Å². The van der Waals surface area contributed by atoms with Crippen molar-refractivity contribution in [3.05, 3.63) is 34.3 Å². The van der Waals surface area contributed by atoms with E-state index in [0.29, 0.717) is 13.2 Å². The van der Waals surface area contributed by atoms with Gasteiger partial charge in [-0.3, -0.25) is 0 Å². The first-order valence-electron chi connectivity index (χ1n) is 5.02. The molecule has 0 radical (unpaired) electrons. The number of hydrogen-bond acceptors (Lipinski definition) is 2. The topological polar surface area (TPSA) is 33.0 Å². The van der Waals surface area contributed by atoms with E-state index in [4.69, 9.17) is 4.74 Å². The summed E-state index contributed by atoms with van der Waals surface area (Å²) >= 11 is 3.40. The minimum absolute atomic E-state index is 0.334. The Morgan fingerprint density at radius 1 is 1.20 bits per heavy atom. The Bertz CT molecular complexity index is 374. The molecular weight excluding hydrogens is 254 g/mol. The van der Waals surface area contributed by atoms with Gasteiger partial charge in [-0.15, -0.1) is 0 Å². The van der Waals surface area contributed by atoms with Gasteiger partial charge in [0.1, 0.15) is 0 Å². The van der Waals surface area contributed by atoms with Crippen LogP contribution in [-0.2, 0) is 10.2 Å². The summed E-state index contributed by atoms with van der Waals surface area (Å²) in [5.41, 5.74) is 0.773. The van der Waals surface area contributed by atoms with E-state index < -0.39 is 0 Å². The van der Waals surface area contributed by atoms with Gasteiger partial charge in [-0.1, -0.05) is 28.1 Å². The molecule has 1 heterocycles. The molecule has 1 fully saturated rings. The molecule has 0 bridgehead atoms. The highest BCUT2D eigenvalue weighted by molar-refractivity contribution is 9.10. The van der Waals surface area contributed by atoms with Crippen molar-refractivity contribution in [2.75, 3.05) is 13.2 Å². The van der Waals surface area contributed by atoms with Crippen LogP contribution < -0.4 is 0 Å². The van der Waals surface area contributed by atoms with Crippen LogP contribution in [0.2, 0.25) is 0 Å². The third-order valence-corrected chi connectivity index (χ3v) is 3.49. The molecule has 1 aromatic carbocycles. The van der Waals surface area contributed by atoms with Gasteiger partial charge >= 0.3 is 0 Å². The van der Waals surface area contributed by atoms with Crippen LogP contribution in [0.4, 0.5) is 0 Å². The SMILES string of the molecule is N#CC1(c2ccc(Br)cc2)CCOCC1. The lowest BCUT2D eigenvalue weighted by molar-refractivity contribution is 0.0675. The molecular formula is C12H12BrNO. The van der Waals surface area contributed by atoms with Crippen LogP contribution in [0.5, 0.6) is 0 Å². The van der Waals surface area contributed by atoms with E-state index in [-0.39, 0.29) is 5.41 Å². The second-order valence-electron chi connectivity index (χ2n) is 3.81. The fourth-order valence-electron chi connectivity index (χ4n) is 1.95. The van der Waals surface area contributed by atoms with Gasteiger partial charge in [-0.25, -0.2) is 0 Å². The number of rotatable bonds is 1. The maximum atomic E-state index is 9.35. The quantitative estimate of drug-likeness (QED) is 0.782. The predicted molar refractivity (Wildman–Crippen MR) is 61.5 cm³/mol. The van der Waals surface area contributed by atoms with Gasteiger partial charge in [0.2, 0.25) is 0 Å². The van der Waals surface area contributed by atoms with Crippen LogP contribution in [0.3, 0.4) is 0 Å². The highest BCUT2D eigenvalue weighted by Gasteiger charge is 2.34. The molecule has 1 aliphatic heterocycles. The standard InChI is InChI=1S/C12H12BrNO/c13-11-3-1-10(2-4-11)12(9-14)5-7-15-8-6-12/h1-4H,5-8H2. The lowest BCUT2D eigenvalue weighted by Crippen LogP contribution is -2.32. The van der Waals surface area contributed by atoms with Gasteiger partial charge in [0.05, 0.1) is 11.5 Å². The second-order valence-corrected chi connectivity index (χ2v) is 4.73. The largest absolute Gasteiger partial charge is 0.381 e. The first-order chi connectivity index (χ1) is 7.27. The third kappa shape index (κ3) is 2.06. The smallest absolute Gasteiger partial charge is 0.0866 e. The van der Waals surface area contributed by atoms with Gasteiger partial charge in [0, 0.05) is 17.7 Å². The van der Waals surface area contributed by atoms with Crippen LogP contribution in [0.15, 0.2) is 28.7 Å². The lowest BCUT2D eigenvalue weighted by atomic mass is 9.76. The van der Waals surface area contributed by atoms with Crippen molar-refractivity contribution in [2.24, 2.45) is 0 Å². The zero-order valence-corrected chi connectivity index (χ0v) is 9.96. The number of nitrogens with zero attached hydrogens (tertiary/aromatic N) is 1. The lowest BCUT2D eigenvalue weighted by Gasteiger charge is -2.31. The van der Waals surface area contributed by atoms with E-state index in [2.05, 4.69) is 22.0 Å². The summed E-state index contributed by atoms with van der Waals surface area (Å²) in [4.78, 5) is 0. The number of halogens is 1. The van der Waals surface area contributed by atoms with Crippen molar-refractivity contribution in [1.29, 1.82) is 5.26 Å². The zero-order chi connectivity index (χ0) is 10.7. The molecule has 0 unspecified atom stereocenters. The van der Waals surface area contributed by atoms with Crippen molar-refractivity contribution >= 4 is 15.9 Å². The normalized spacial score (nSPS) is 19.5. The molecule has 0 spiro atoms. The predicted octanol–water partition coefficient (Wildman–Crippen LogP) is 3.02. The van der Waals surface area contributed by atoms with Crippen LogP contribution in [-0.4, -0.2) is 13.2 Å². The Morgan fingerprint density at radius 3 is 2.33 bits per heavy atom. The summed E-state index contributed by atoms with van der Waals surface area (Å²) in [6.07, 6.45) is 1.59. The van der Waals surface area contributed by atoms with E-state index in [1.54, 1.807) is 0 Å². The van der Waals surface area contributed by atoms with Gasteiger partial charge in [-0.05, 0) is 30.5 Å². The molecule has 0 N–H and O–H groups in total. The van der Waals surface area contributed by atoms with Gasteiger partial charge < -0.3 is 4.74 Å². The van der Waals surface area contributed by atoms with Gasteiger partial charge in [-0.2, -0.15) is 5.26 Å². The molecule has 0 aliphatic carbocycles. The van der Waals surface area contributed by atoms with Crippen molar-refractivity contribution < 1.29 is 4.74 Å². The first-order valence-corrected chi connectivity index (χ1v) is 5.81. The average Bonchev–Trinajstić information content (AvgIpc) is 2.31. The summed E-state index contributed by atoms with van der Waals surface area (Å²) in [7, 11) is 0. The highest BCUT2D eigenvalue weighted by atomic mass is 79.9. The Kier molecular flexibility index (Phi) is 3.08. The van der Waals surface area contributed by atoms with Crippen molar-refractivity contribution in [3.63, 3.8) is 0 Å². The monoisotopic (exact) mass is 265 g/mol. The average molecular weight is 266 g/mol. The summed E-state index contributed by atoms with van der Waals surface area (Å²) < 4.78 is 6.36. The van der Waals surface area contributed by atoms with Crippen molar-refractivity contribution in [2.45, 2.75) is 18.3 Å². The molecule has 0 atom stereocenters. The Hall–Kier alpha value is -0.850. The van der Waals surface area contributed by atoms with Crippen LogP contribution in [0.1, 0.15) is 18.4 Å². The Labute approximate surface area is 98.0 Å². The summed E-state index contributed by atoms with van der Waals surface area (Å²) in [5.74, 6) is 0. The molecule has 0 aromatic heterocycles. The minimum Gasteiger partial charge on any atom is -0.381 e. The van der Waals surface area contributed by atoms with Crippen LogP contribution >= 0.6 is 15.9 Å². The number of nitriles is 1. The summed E-state index contributed by atoms with van der Waals surface area (Å²) in [6, 6.07) is 10.5. The zero-order valence-electron chi connectivity index (χ0n) is 8.37. The fraction of sp³-hybridized carbons (Fsp3) is 0.417. The minimum atomic E-state index is -0.334.